The summed E-state index contributed by atoms with van der Waals surface area (Å²) >= 11 is 0. The molecular formula is C17H25N3. The topological polar surface area (TPSA) is 29.9 Å². The van der Waals surface area contributed by atoms with Crippen LogP contribution < -0.4 is 5.32 Å². The highest BCUT2D eigenvalue weighted by Crippen LogP contribution is 2.15. The highest BCUT2D eigenvalue weighted by atomic mass is 15.3. The van der Waals surface area contributed by atoms with Crippen molar-refractivity contribution < 1.29 is 0 Å². The molecule has 0 bridgehead atoms. The third kappa shape index (κ3) is 3.70. The fourth-order valence-corrected chi connectivity index (χ4v) is 2.46. The Kier molecular flexibility index (Phi) is 5.36. The van der Waals surface area contributed by atoms with Gasteiger partial charge in [0.1, 0.15) is 0 Å². The van der Waals surface area contributed by atoms with Crippen LogP contribution in [0, 0.1) is 0 Å². The molecule has 1 heterocycles. The molecule has 0 radical (unpaired) electrons. The van der Waals surface area contributed by atoms with Crippen LogP contribution in [0.5, 0.6) is 0 Å². The van der Waals surface area contributed by atoms with Gasteiger partial charge in [0.25, 0.3) is 0 Å². The summed E-state index contributed by atoms with van der Waals surface area (Å²) in [6.07, 6.45) is 4.36. The number of nitrogens with one attached hydrogen (secondary N) is 1. The molecule has 0 unspecified atom stereocenters. The van der Waals surface area contributed by atoms with Gasteiger partial charge in [0.2, 0.25) is 0 Å². The van der Waals surface area contributed by atoms with Crippen LogP contribution in [0.1, 0.15) is 57.0 Å². The van der Waals surface area contributed by atoms with Crippen LogP contribution >= 0.6 is 0 Å². The summed E-state index contributed by atoms with van der Waals surface area (Å²) in [5.41, 5.74) is 2.42. The SMILES string of the molecule is CCC(CC)n1ccc(CN[C@@H](C)c2ccccc2)n1. The monoisotopic (exact) mass is 271 g/mol. The molecule has 0 saturated carbocycles. The molecule has 20 heavy (non-hydrogen) atoms. The second-order valence-electron chi connectivity index (χ2n) is 5.27. The van der Waals surface area contributed by atoms with Crippen LogP contribution in [-0.4, -0.2) is 9.78 Å². The van der Waals surface area contributed by atoms with Crippen molar-refractivity contribution in [2.45, 2.75) is 52.2 Å². The van der Waals surface area contributed by atoms with Crippen LogP contribution in [0.15, 0.2) is 42.6 Å². The van der Waals surface area contributed by atoms with Crippen LogP contribution in [0.25, 0.3) is 0 Å². The number of nitrogens with zero attached hydrogens (tertiary/aromatic N) is 2. The lowest BCUT2D eigenvalue weighted by atomic mass is 10.1. The van der Waals surface area contributed by atoms with E-state index in [-0.39, 0.29) is 0 Å². The van der Waals surface area contributed by atoms with Gasteiger partial charge in [0, 0.05) is 18.8 Å². The quantitative estimate of drug-likeness (QED) is 0.822. The molecule has 1 atom stereocenters. The van der Waals surface area contributed by atoms with Crippen molar-refractivity contribution >= 4 is 0 Å². The van der Waals surface area contributed by atoms with E-state index < -0.39 is 0 Å². The fourth-order valence-electron chi connectivity index (χ4n) is 2.46. The molecule has 3 nitrogen and oxygen atoms in total. The lowest BCUT2D eigenvalue weighted by Crippen LogP contribution is -2.18. The average molecular weight is 271 g/mol. The first-order valence-corrected chi connectivity index (χ1v) is 7.57. The Balaban J connectivity index is 1.91. The molecule has 1 N–H and O–H groups in total. The van der Waals surface area contributed by atoms with Gasteiger partial charge in [-0.2, -0.15) is 5.10 Å². The number of hydrogen-bond donors (Lipinski definition) is 1. The summed E-state index contributed by atoms with van der Waals surface area (Å²) in [5.74, 6) is 0. The van der Waals surface area contributed by atoms with Crippen molar-refractivity contribution in [2.75, 3.05) is 0 Å². The number of benzene rings is 1. The van der Waals surface area contributed by atoms with Crippen molar-refractivity contribution in [3.05, 3.63) is 53.9 Å². The van der Waals surface area contributed by atoms with Gasteiger partial charge >= 0.3 is 0 Å². The molecule has 1 aromatic heterocycles. The zero-order valence-electron chi connectivity index (χ0n) is 12.7. The normalized spacial score (nSPS) is 12.8. The predicted octanol–water partition coefficient (Wildman–Crippen LogP) is 4.10. The first-order chi connectivity index (χ1) is 9.74. The largest absolute Gasteiger partial charge is 0.304 e. The smallest absolute Gasteiger partial charge is 0.0762 e. The summed E-state index contributed by atoms with van der Waals surface area (Å²) in [6.45, 7) is 7.42. The Morgan fingerprint density at radius 2 is 1.80 bits per heavy atom. The van der Waals surface area contributed by atoms with E-state index in [1.54, 1.807) is 0 Å². The summed E-state index contributed by atoms with van der Waals surface area (Å²) in [5, 5.41) is 8.20. The van der Waals surface area contributed by atoms with Gasteiger partial charge in [-0.1, -0.05) is 44.2 Å². The van der Waals surface area contributed by atoms with Crippen molar-refractivity contribution in [1.29, 1.82) is 0 Å². The first kappa shape index (κ1) is 14.8. The lowest BCUT2D eigenvalue weighted by molar-refractivity contribution is 0.423. The molecule has 108 valence electrons. The second kappa shape index (κ2) is 7.25. The van der Waals surface area contributed by atoms with E-state index in [2.05, 4.69) is 72.4 Å². The van der Waals surface area contributed by atoms with Crippen molar-refractivity contribution in [3.63, 3.8) is 0 Å². The van der Waals surface area contributed by atoms with E-state index >= 15 is 0 Å². The highest BCUT2D eigenvalue weighted by Gasteiger charge is 2.09. The molecule has 0 spiro atoms. The highest BCUT2D eigenvalue weighted by molar-refractivity contribution is 5.18. The van der Waals surface area contributed by atoms with Crippen LogP contribution in [-0.2, 0) is 6.54 Å². The molecule has 0 saturated heterocycles. The van der Waals surface area contributed by atoms with E-state index in [4.69, 9.17) is 0 Å². The van der Waals surface area contributed by atoms with Crippen LogP contribution in [0.4, 0.5) is 0 Å². The number of rotatable bonds is 7. The van der Waals surface area contributed by atoms with E-state index in [1.165, 1.54) is 5.56 Å². The molecule has 3 heteroatoms. The summed E-state index contributed by atoms with van der Waals surface area (Å²) in [4.78, 5) is 0. The summed E-state index contributed by atoms with van der Waals surface area (Å²) in [7, 11) is 0. The molecule has 0 aliphatic rings. The Morgan fingerprint density at radius 3 is 2.45 bits per heavy atom. The number of aromatic nitrogens is 2. The predicted molar refractivity (Wildman–Crippen MR) is 83.5 cm³/mol. The minimum Gasteiger partial charge on any atom is -0.304 e. The Bertz CT molecular complexity index is 500. The zero-order chi connectivity index (χ0) is 14.4. The van der Waals surface area contributed by atoms with Gasteiger partial charge < -0.3 is 5.32 Å². The van der Waals surface area contributed by atoms with E-state index in [1.807, 2.05) is 6.07 Å². The lowest BCUT2D eigenvalue weighted by Gasteiger charge is -2.14. The van der Waals surface area contributed by atoms with Gasteiger partial charge in [-0.25, -0.2) is 0 Å². The van der Waals surface area contributed by atoms with Gasteiger partial charge in [-0.15, -0.1) is 0 Å². The molecule has 2 rings (SSSR count). The van der Waals surface area contributed by atoms with Gasteiger partial charge in [0.05, 0.1) is 11.7 Å². The second-order valence-corrected chi connectivity index (χ2v) is 5.27. The molecule has 0 amide bonds. The minimum absolute atomic E-state index is 0.342. The third-order valence-electron chi connectivity index (χ3n) is 3.87. The third-order valence-corrected chi connectivity index (χ3v) is 3.87. The van der Waals surface area contributed by atoms with Crippen molar-refractivity contribution in [1.82, 2.24) is 15.1 Å². The van der Waals surface area contributed by atoms with Crippen molar-refractivity contribution in [2.24, 2.45) is 0 Å². The summed E-state index contributed by atoms with van der Waals surface area (Å²) < 4.78 is 2.10. The van der Waals surface area contributed by atoms with Crippen LogP contribution in [0.3, 0.4) is 0 Å². The van der Waals surface area contributed by atoms with Gasteiger partial charge in [-0.3, -0.25) is 4.68 Å². The molecule has 2 aromatic rings. The van der Waals surface area contributed by atoms with Crippen LogP contribution in [0.2, 0.25) is 0 Å². The molecule has 1 aromatic carbocycles. The average Bonchev–Trinajstić information content (AvgIpc) is 2.96. The maximum Gasteiger partial charge on any atom is 0.0762 e. The zero-order valence-corrected chi connectivity index (χ0v) is 12.7. The van der Waals surface area contributed by atoms with E-state index in [9.17, 15) is 0 Å². The standard InChI is InChI=1S/C17H25N3/c1-4-17(5-2)20-12-11-16(19-20)13-18-14(3)15-9-7-6-8-10-15/h6-12,14,17-18H,4-5,13H2,1-3H3/t14-/m0/s1. The maximum absolute atomic E-state index is 4.67. The maximum atomic E-state index is 4.67. The van der Waals surface area contributed by atoms with E-state index in [0.717, 1.165) is 25.1 Å². The Hall–Kier alpha value is -1.61. The molecular weight excluding hydrogens is 246 g/mol. The first-order valence-electron chi connectivity index (χ1n) is 7.57. The van der Waals surface area contributed by atoms with Gasteiger partial charge in [-0.05, 0) is 31.4 Å². The van der Waals surface area contributed by atoms with E-state index in [0.29, 0.717) is 12.1 Å². The Morgan fingerprint density at radius 1 is 1.10 bits per heavy atom. The number of hydrogen-bond acceptors (Lipinski definition) is 2. The summed E-state index contributed by atoms with van der Waals surface area (Å²) in [6, 6.07) is 13.5. The fraction of sp³-hybridized carbons (Fsp3) is 0.471. The van der Waals surface area contributed by atoms with Gasteiger partial charge in [0.15, 0.2) is 0 Å². The minimum atomic E-state index is 0.342. The van der Waals surface area contributed by atoms with Crippen molar-refractivity contribution in [3.8, 4) is 0 Å². The molecule has 0 aliphatic heterocycles. The Labute approximate surface area is 122 Å². The molecule has 0 aliphatic carbocycles. The molecule has 0 fully saturated rings.